The second-order valence-electron chi connectivity index (χ2n) is 8.33. The molecule has 2 N–H and O–H groups in total. The van der Waals surface area contributed by atoms with Gasteiger partial charge in [-0.1, -0.05) is 26.0 Å². The van der Waals surface area contributed by atoms with E-state index < -0.39 is 0 Å². The molecule has 0 unspecified atom stereocenters. The van der Waals surface area contributed by atoms with E-state index in [9.17, 15) is 9.59 Å². The topological polar surface area (TPSA) is 60.2 Å². The SMILES string of the molecule is CC1=C[C@@H]2[C@H](CC[C@]3(C)C(=O)CC[C@@H]23)[C@@]2(C)C=CC(=O)C(N)=C12. The van der Waals surface area contributed by atoms with E-state index in [1.165, 1.54) is 0 Å². The van der Waals surface area contributed by atoms with E-state index in [0.29, 0.717) is 29.2 Å². The maximum absolute atomic E-state index is 12.4. The Morgan fingerprint density at radius 2 is 1.91 bits per heavy atom. The van der Waals surface area contributed by atoms with Gasteiger partial charge in [-0.25, -0.2) is 0 Å². The molecule has 23 heavy (non-hydrogen) atoms. The van der Waals surface area contributed by atoms with Gasteiger partial charge in [0.1, 0.15) is 5.78 Å². The predicted molar refractivity (Wildman–Crippen MR) is 89.3 cm³/mol. The summed E-state index contributed by atoms with van der Waals surface area (Å²) < 4.78 is 0. The molecule has 0 aromatic rings. The van der Waals surface area contributed by atoms with Crippen molar-refractivity contribution in [2.24, 2.45) is 34.3 Å². The van der Waals surface area contributed by atoms with Gasteiger partial charge in [-0.15, -0.1) is 0 Å². The van der Waals surface area contributed by atoms with Crippen LogP contribution in [-0.4, -0.2) is 11.6 Å². The lowest BCUT2D eigenvalue weighted by Gasteiger charge is -2.54. The molecule has 4 rings (SSSR count). The molecule has 0 saturated heterocycles. The van der Waals surface area contributed by atoms with Crippen molar-refractivity contribution in [1.29, 1.82) is 0 Å². The number of fused-ring (bicyclic) bond motifs is 5. The van der Waals surface area contributed by atoms with Gasteiger partial charge in [0.2, 0.25) is 5.78 Å². The predicted octanol–water partition coefficient (Wildman–Crippen LogP) is 3.32. The van der Waals surface area contributed by atoms with E-state index in [1.807, 2.05) is 0 Å². The van der Waals surface area contributed by atoms with Gasteiger partial charge in [0, 0.05) is 17.3 Å². The Morgan fingerprint density at radius 3 is 2.65 bits per heavy atom. The number of hydrogen-bond donors (Lipinski definition) is 1. The summed E-state index contributed by atoms with van der Waals surface area (Å²) in [5, 5.41) is 0. The molecule has 3 heteroatoms. The van der Waals surface area contributed by atoms with Crippen LogP contribution < -0.4 is 5.73 Å². The van der Waals surface area contributed by atoms with Crippen LogP contribution >= 0.6 is 0 Å². The van der Waals surface area contributed by atoms with Crippen LogP contribution in [0.15, 0.2) is 35.1 Å². The highest BCUT2D eigenvalue weighted by atomic mass is 16.1. The zero-order valence-corrected chi connectivity index (χ0v) is 14.2. The van der Waals surface area contributed by atoms with Crippen LogP contribution in [0, 0.1) is 28.6 Å². The van der Waals surface area contributed by atoms with Crippen molar-refractivity contribution in [3.8, 4) is 0 Å². The Morgan fingerprint density at radius 1 is 1.17 bits per heavy atom. The van der Waals surface area contributed by atoms with E-state index in [0.717, 1.165) is 36.8 Å². The fraction of sp³-hybridized carbons (Fsp3) is 0.600. The molecule has 0 amide bonds. The molecule has 3 nitrogen and oxygen atoms in total. The highest BCUT2D eigenvalue weighted by molar-refractivity contribution is 6.06. The Hall–Kier alpha value is -1.64. The number of allylic oxidation sites excluding steroid dienone is 5. The standard InChI is InChI=1S/C20H25NO2/c1-11-10-12-13-4-5-16(23)19(13,2)8-6-14(12)20(3)9-7-15(22)18(21)17(11)20/h7,9-10,12-14H,4-6,8,21H2,1-3H3/t12-,13-,14-,19-,20+/m0/s1. The van der Waals surface area contributed by atoms with E-state index in [2.05, 4.69) is 32.9 Å². The van der Waals surface area contributed by atoms with Gasteiger partial charge >= 0.3 is 0 Å². The number of carbonyl (C=O) groups is 2. The normalized spacial score (nSPS) is 45.5. The van der Waals surface area contributed by atoms with Crippen molar-refractivity contribution >= 4 is 11.6 Å². The van der Waals surface area contributed by atoms with Crippen LogP contribution in [0.2, 0.25) is 0 Å². The first-order valence-corrected chi connectivity index (χ1v) is 8.75. The molecule has 2 fully saturated rings. The first-order chi connectivity index (χ1) is 10.8. The molecule has 0 spiro atoms. The third-order valence-corrected chi connectivity index (χ3v) is 7.30. The summed E-state index contributed by atoms with van der Waals surface area (Å²) in [5.41, 5.74) is 8.43. The Balaban J connectivity index is 1.87. The molecule has 0 aromatic heterocycles. The van der Waals surface area contributed by atoms with Crippen LogP contribution in [0.5, 0.6) is 0 Å². The van der Waals surface area contributed by atoms with Crippen LogP contribution in [0.25, 0.3) is 0 Å². The summed E-state index contributed by atoms with van der Waals surface area (Å²) in [5.74, 6) is 1.68. The minimum absolute atomic E-state index is 0.0691. The molecular formula is C20H25NO2. The summed E-state index contributed by atoms with van der Waals surface area (Å²) in [6, 6.07) is 0. The van der Waals surface area contributed by atoms with Crippen molar-refractivity contribution in [3.05, 3.63) is 35.1 Å². The molecule has 4 aliphatic carbocycles. The van der Waals surface area contributed by atoms with Crippen LogP contribution in [0.1, 0.15) is 46.5 Å². The second-order valence-corrected chi connectivity index (χ2v) is 8.33. The summed E-state index contributed by atoms with van der Waals surface area (Å²) in [6.45, 7) is 6.48. The molecular weight excluding hydrogens is 286 g/mol. The first kappa shape index (κ1) is 14.9. The Bertz CT molecular complexity index is 713. The monoisotopic (exact) mass is 311 g/mol. The molecule has 4 aliphatic rings. The van der Waals surface area contributed by atoms with Crippen LogP contribution in [0.3, 0.4) is 0 Å². The number of hydrogen-bond acceptors (Lipinski definition) is 3. The van der Waals surface area contributed by atoms with Crippen molar-refractivity contribution in [2.75, 3.05) is 0 Å². The van der Waals surface area contributed by atoms with E-state index in [1.54, 1.807) is 6.08 Å². The lowest BCUT2D eigenvalue weighted by Crippen LogP contribution is -2.49. The maximum Gasteiger partial charge on any atom is 0.201 e. The minimum atomic E-state index is -0.172. The van der Waals surface area contributed by atoms with Gasteiger partial charge in [0.15, 0.2) is 0 Å². The minimum Gasteiger partial charge on any atom is -0.395 e. The molecule has 0 radical (unpaired) electrons. The summed E-state index contributed by atoms with van der Waals surface area (Å²) in [6.07, 6.45) is 9.78. The third kappa shape index (κ3) is 1.71. The number of Topliss-reactive ketones (excluding diaryl/α,β-unsaturated/α-hetero) is 1. The number of rotatable bonds is 0. The number of carbonyl (C=O) groups excluding carboxylic acids is 2. The lowest BCUT2D eigenvalue weighted by molar-refractivity contribution is -0.130. The largest absolute Gasteiger partial charge is 0.395 e. The highest BCUT2D eigenvalue weighted by Gasteiger charge is 2.58. The Kier molecular flexibility index (Phi) is 2.89. The zero-order valence-electron chi connectivity index (χ0n) is 14.2. The Labute approximate surface area is 137 Å². The molecule has 2 saturated carbocycles. The summed E-state index contributed by atoms with van der Waals surface area (Å²) in [7, 11) is 0. The van der Waals surface area contributed by atoms with E-state index in [4.69, 9.17) is 5.73 Å². The van der Waals surface area contributed by atoms with Crippen molar-refractivity contribution in [2.45, 2.75) is 46.5 Å². The van der Waals surface area contributed by atoms with Gasteiger partial charge in [0.05, 0.1) is 5.70 Å². The average molecular weight is 311 g/mol. The van der Waals surface area contributed by atoms with Gasteiger partial charge < -0.3 is 5.73 Å². The molecule has 0 aromatic carbocycles. The van der Waals surface area contributed by atoms with Gasteiger partial charge in [0.25, 0.3) is 0 Å². The van der Waals surface area contributed by atoms with Crippen molar-refractivity contribution in [3.63, 3.8) is 0 Å². The average Bonchev–Trinajstić information content (AvgIpc) is 2.79. The van der Waals surface area contributed by atoms with E-state index in [-0.39, 0.29) is 16.6 Å². The summed E-state index contributed by atoms with van der Waals surface area (Å²) >= 11 is 0. The smallest absolute Gasteiger partial charge is 0.201 e. The van der Waals surface area contributed by atoms with E-state index >= 15 is 0 Å². The van der Waals surface area contributed by atoms with Gasteiger partial charge in [-0.05, 0) is 61.2 Å². The van der Waals surface area contributed by atoms with Gasteiger partial charge in [-0.2, -0.15) is 0 Å². The number of nitrogens with two attached hydrogens (primary N) is 1. The third-order valence-electron chi connectivity index (χ3n) is 7.30. The van der Waals surface area contributed by atoms with Crippen LogP contribution in [-0.2, 0) is 9.59 Å². The molecule has 0 heterocycles. The quantitative estimate of drug-likeness (QED) is 0.746. The molecule has 5 atom stereocenters. The molecule has 122 valence electrons. The van der Waals surface area contributed by atoms with Crippen molar-refractivity contribution in [1.82, 2.24) is 0 Å². The lowest BCUT2D eigenvalue weighted by atomic mass is 9.49. The van der Waals surface area contributed by atoms with Crippen molar-refractivity contribution < 1.29 is 9.59 Å². The van der Waals surface area contributed by atoms with Crippen LogP contribution in [0.4, 0.5) is 0 Å². The number of ketones is 2. The highest BCUT2D eigenvalue weighted by Crippen LogP contribution is 2.63. The first-order valence-electron chi connectivity index (χ1n) is 8.75. The summed E-state index contributed by atoms with van der Waals surface area (Å²) in [4.78, 5) is 24.5. The van der Waals surface area contributed by atoms with Gasteiger partial charge in [-0.3, -0.25) is 9.59 Å². The fourth-order valence-electron chi connectivity index (χ4n) is 6.05. The molecule has 0 aliphatic heterocycles. The second kappa shape index (κ2) is 4.46. The maximum atomic E-state index is 12.4. The fourth-order valence-corrected chi connectivity index (χ4v) is 6.05. The zero-order chi connectivity index (χ0) is 16.6. The molecule has 0 bridgehead atoms.